The van der Waals surface area contributed by atoms with Crippen LogP contribution >= 0.6 is 11.3 Å². The first kappa shape index (κ1) is 20.0. The van der Waals surface area contributed by atoms with Crippen molar-refractivity contribution in [3.63, 3.8) is 0 Å². The molecular weight excluding hydrogens is 383 g/mol. The fraction of sp³-hybridized carbons (Fsp3) is 0.312. The molecule has 1 aromatic heterocycles. The molecule has 10 heteroatoms. The Hall–Kier alpha value is -2.33. The van der Waals surface area contributed by atoms with Crippen LogP contribution in [0.2, 0.25) is 0 Å². The molecule has 1 aromatic carbocycles. The topological polar surface area (TPSA) is 102 Å². The van der Waals surface area contributed by atoms with Gasteiger partial charge in [-0.3, -0.25) is 9.59 Å². The Morgan fingerprint density at radius 3 is 2.62 bits per heavy atom. The van der Waals surface area contributed by atoms with Gasteiger partial charge in [0.1, 0.15) is 5.82 Å². The molecule has 1 N–H and O–H groups in total. The van der Waals surface area contributed by atoms with E-state index < -0.39 is 33.3 Å². The highest BCUT2D eigenvalue weighted by atomic mass is 32.2. The molecule has 1 amide bonds. The van der Waals surface area contributed by atoms with Gasteiger partial charge in [0.25, 0.3) is 0 Å². The summed E-state index contributed by atoms with van der Waals surface area (Å²) in [5, 5.41) is 4.38. The Labute approximate surface area is 154 Å². The molecule has 0 bridgehead atoms. The number of halogens is 1. The molecule has 0 atom stereocenters. The van der Waals surface area contributed by atoms with Gasteiger partial charge in [0.2, 0.25) is 5.91 Å². The van der Waals surface area contributed by atoms with E-state index >= 15 is 0 Å². The van der Waals surface area contributed by atoms with E-state index in [1.165, 1.54) is 0 Å². The number of hydrogen-bond donors (Lipinski definition) is 1. The van der Waals surface area contributed by atoms with E-state index in [2.05, 4.69) is 10.3 Å². The van der Waals surface area contributed by atoms with Crippen LogP contribution in [0, 0.1) is 5.82 Å². The molecule has 0 saturated carbocycles. The summed E-state index contributed by atoms with van der Waals surface area (Å²) in [4.78, 5) is 27.3. The van der Waals surface area contributed by atoms with E-state index in [-0.39, 0.29) is 29.5 Å². The van der Waals surface area contributed by atoms with E-state index in [0.717, 1.165) is 35.6 Å². The van der Waals surface area contributed by atoms with Gasteiger partial charge >= 0.3 is 5.97 Å². The lowest BCUT2D eigenvalue weighted by atomic mass is 10.3. The molecule has 26 heavy (non-hydrogen) atoms. The minimum Gasteiger partial charge on any atom is -0.466 e. The van der Waals surface area contributed by atoms with Crippen LogP contribution in [0.1, 0.15) is 19.0 Å². The Morgan fingerprint density at radius 2 is 1.96 bits per heavy atom. The smallest absolute Gasteiger partial charge is 0.311 e. The maximum Gasteiger partial charge on any atom is 0.311 e. The van der Waals surface area contributed by atoms with Gasteiger partial charge in [-0.25, -0.2) is 17.8 Å². The van der Waals surface area contributed by atoms with Gasteiger partial charge < -0.3 is 10.1 Å². The van der Waals surface area contributed by atoms with E-state index in [9.17, 15) is 22.4 Å². The third kappa shape index (κ3) is 5.88. The summed E-state index contributed by atoms with van der Waals surface area (Å²) >= 11 is 1.13. The van der Waals surface area contributed by atoms with Crippen LogP contribution in [-0.2, 0) is 30.6 Å². The summed E-state index contributed by atoms with van der Waals surface area (Å²) in [6, 6.07) is 4.41. The molecule has 1 heterocycles. The number of esters is 1. The van der Waals surface area contributed by atoms with Gasteiger partial charge in [-0.1, -0.05) is 0 Å². The monoisotopic (exact) mass is 400 g/mol. The number of aromatic nitrogens is 1. The predicted octanol–water partition coefficient (Wildman–Crippen LogP) is 2.19. The molecule has 2 rings (SSSR count). The summed E-state index contributed by atoms with van der Waals surface area (Å²) in [5.74, 6) is -1.89. The number of hydrogen-bond acceptors (Lipinski definition) is 7. The third-order valence-corrected chi connectivity index (χ3v) is 5.74. The summed E-state index contributed by atoms with van der Waals surface area (Å²) in [7, 11) is -3.69. The van der Waals surface area contributed by atoms with Crippen molar-refractivity contribution in [1.82, 2.24) is 4.98 Å². The van der Waals surface area contributed by atoms with Crippen molar-refractivity contribution in [2.24, 2.45) is 0 Å². The number of anilines is 1. The molecular formula is C16H17FN2O5S2. The Bertz CT molecular complexity index is 878. The average molecular weight is 400 g/mol. The number of amides is 1. The number of carbonyl (C=O) groups is 2. The lowest BCUT2D eigenvalue weighted by Gasteiger charge is -2.04. The zero-order valence-corrected chi connectivity index (χ0v) is 15.5. The number of carbonyl (C=O) groups excluding carboxylic acids is 2. The molecule has 0 saturated heterocycles. The number of thiazole rings is 1. The van der Waals surface area contributed by atoms with Gasteiger partial charge in [-0.05, 0) is 31.2 Å². The molecule has 2 aromatic rings. The fourth-order valence-electron chi connectivity index (χ4n) is 1.97. The van der Waals surface area contributed by atoms with Gasteiger partial charge in [0, 0.05) is 11.8 Å². The molecule has 0 unspecified atom stereocenters. The minimum atomic E-state index is -3.69. The highest BCUT2D eigenvalue weighted by Gasteiger charge is 2.17. The first-order chi connectivity index (χ1) is 12.3. The van der Waals surface area contributed by atoms with Crippen LogP contribution in [0.5, 0.6) is 0 Å². The first-order valence-electron chi connectivity index (χ1n) is 7.68. The SMILES string of the molecule is CCOC(=O)Cc1csc(NC(=O)CCS(=O)(=O)c2ccc(F)cc2)n1. The lowest BCUT2D eigenvalue weighted by molar-refractivity contribution is -0.142. The van der Waals surface area contributed by atoms with Crippen LogP contribution < -0.4 is 5.32 Å². The van der Waals surface area contributed by atoms with Crippen molar-refractivity contribution in [1.29, 1.82) is 0 Å². The largest absolute Gasteiger partial charge is 0.466 e. The highest BCUT2D eigenvalue weighted by molar-refractivity contribution is 7.91. The minimum absolute atomic E-state index is 0.000837. The fourth-order valence-corrected chi connectivity index (χ4v) is 3.94. The van der Waals surface area contributed by atoms with Crippen molar-refractivity contribution in [2.45, 2.75) is 24.7 Å². The van der Waals surface area contributed by atoms with Crippen molar-refractivity contribution in [3.05, 3.63) is 41.2 Å². The van der Waals surface area contributed by atoms with Crippen LogP contribution in [0.15, 0.2) is 34.5 Å². The normalized spacial score (nSPS) is 11.2. The van der Waals surface area contributed by atoms with Crippen LogP contribution in [-0.4, -0.2) is 37.6 Å². The molecule has 0 spiro atoms. The molecule has 0 aliphatic carbocycles. The Balaban J connectivity index is 1.88. The van der Waals surface area contributed by atoms with Crippen molar-refractivity contribution in [2.75, 3.05) is 17.7 Å². The summed E-state index contributed by atoms with van der Waals surface area (Å²) < 4.78 is 41.9. The van der Waals surface area contributed by atoms with Gasteiger partial charge in [-0.15, -0.1) is 11.3 Å². The lowest BCUT2D eigenvalue weighted by Crippen LogP contribution is -2.17. The molecule has 140 valence electrons. The maximum absolute atomic E-state index is 12.9. The first-order valence-corrected chi connectivity index (χ1v) is 10.2. The van der Waals surface area contributed by atoms with Gasteiger partial charge in [0.05, 0.1) is 29.4 Å². The van der Waals surface area contributed by atoms with E-state index in [0.29, 0.717) is 5.69 Å². The number of nitrogens with one attached hydrogen (secondary N) is 1. The quantitative estimate of drug-likeness (QED) is 0.538. The number of rotatable bonds is 8. The second kappa shape index (κ2) is 8.86. The molecule has 0 aliphatic rings. The van der Waals surface area contributed by atoms with Crippen molar-refractivity contribution in [3.8, 4) is 0 Å². The second-order valence-corrected chi connectivity index (χ2v) is 8.16. The van der Waals surface area contributed by atoms with Crippen molar-refractivity contribution < 1.29 is 27.1 Å². The molecule has 0 fully saturated rings. The van der Waals surface area contributed by atoms with Crippen molar-refractivity contribution >= 4 is 38.2 Å². The van der Waals surface area contributed by atoms with E-state index in [1.807, 2.05) is 0 Å². The van der Waals surface area contributed by atoms with E-state index in [4.69, 9.17) is 4.74 Å². The zero-order chi connectivity index (χ0) is 19.2. The summed E-state index contributed by atoms with van der Waals surface area (Å²) in [6.45, 7) is 1.97. The summed E-state index contributed by atoms with van der Waals surface area (Å²) in [6.07, 6.45) is -0.272. The Morgan fingerprint density at radius 1 is 1.27 bits per heavy atom. The number of nitrogens with zero attached hydrogens (tertiary/aromatic N) is 1. The summed E-state index contributed by atoms with van der Waals surface area (Å²) in [5.41, 5.74) is 0.461. The average Bonchev–Trinajstić information content (AvgIpc) is 3.00. The van der Waals surface area contributed by atoms with Gasteiger partial charge in [0.15, 0.2) is 15.0 Å². The predicted molar refractivity (Wildman–Crippen MR) is 94.2 cm³/mol. The number of ether oxygens (including phenoxy) is 1. The number of sulfone groups is 1. The molecule has 7 nitrogen and oxygen atoms in total. The zero-order valence-electron chi connectivity index (χ0n) is 13.9. The van der Waals surface area contributed by atoms with Crippen LogP contribution in [0.4, 0.5) is 9.52 Å². The standard InChI is InChI=1S/C16H17FN2O5S2/c1-2-24-15(21)9-12-10-25-16(18-12)19-14(20)7-8-26(22,23)13-5-3-11(17)4-6-13/h3-6,10H,2,7-9H2,1H3,(H,18,19,20). The number of benzene rings is 1. The van der Waals surface area contributed by atoms with E-state index in [1.54, 1.807) is 12.3 Å². The third-order valence-electron chi connectivity index (χ3n) is 3.20. The van der Waals surface area contributed by atoms with Crippen LogP contribution in [0.3, 0.4) is 0 Å². The second-order valence-electron chi connectivity index (χ2n) is 5.20. The van der Waals surface area contributed by atoms with Crippen LogP contribution in [0.25, 0.3) is 0 Å². The highest BCUT2D eigenvalue weighted by Crippen LogP contribution is 2.17. The maximum atomic E-state index is 12.9. The molecule has 0 aliphatic heterocycles. The Kier molecular flexibility index (Phi) is 6.81. The molecule has 0 radical (unpaired) electrons. The van der Waals surface area contributed by atoms with Gasteiger partial charge in [-0.2, -0.15) is 0 Å².